The van der Waals surface area contributed by atoms with Gasteiger partial charge in [-0.15, -0.1) is 6.58 Å². The Hall–Kier alpha value is -0.260. The van der Waals surface area contributed by atoms with Crippen LogP contribution in [0.4, 0.5) is 0 Å². The van der Waals surface area contributed by atoms with Crippen LogP contribution in [0.15, 0.2) is 12.2 Å². The van der Waals surface area contributed by atoms with Gasteiger partial charge in [0.1, 0.15) is 0 Å². The van der Waals surface area contributed by atoms with Gasteiger partial charge in [-0.2, -0.15) is 0 Å². The van der Waals surface area contributed by atoms with E-state index in [0.29, 0.717) is 0 Å². The zero-order chi connectivity index (χ0) is 12.0. The van der Waals surface area contributed by atoms with E-state index in [9.17, 15) is 0 Å². The maximum Gasteiger partial charge on any atom is -0.0326 e. The molecule has 0 aliphatic heterocycles. The summed E-state index contributed by atoms with van der Waals surface area (Å²) in [5, 5.41) is 0. The van der Waals surface area contributed by atoms with E-state index in [0.717, 1.165) is 5.92 Å². The van der Waals surface area contributed by atoms with Gasteiger partial charge >= 0.3 is 0 Å². The van der Waals surface area contributed by atoms with Crippen molar-refractivity contribution in [3.05, 3.63) is 12.2 Å². The van der Waals surface area contributed by atoms with Crippen molar-refractivity contribution in [2.24, 2.45) is 5.92 Å². The molecule has 0 unspecified atom stereocenters. The fourth-order valence-corrected chi connectivity index (χ4v) is 0.479. The summed E-state index contributed by atoms with van der Waals surface area (Å²) < 4.78 is 0. The van der Waals surface area contributed by atoms with Crippen molar-refractivity contribution in [2.45, 2.75) is 74.1 Å². The Bertz CT molecular complexity index is 90.2. The molecule has 0 N–H and O–H groups in total. The smallest absolute Gasteiger partial charge is 0.0326 e. The number of allylic oxidation sites excluding steroid dienone is 1. The number of hydrogen-bond acceptors (Lipinski definition) is 0. The second kappa shape index (κ2) is 18.5. The monoisotopic (exact) mass is 200 g/mol. The average molecular weight is 200 g/mol. The first kappa shape index (κ1) is 19.3. The van der Waals surface area contributed by atoms with Gasteiger partial charge < -0.3 is 0 Å². The van der Waals surface area contributed by atoms with Crippen molar-refractivity contribution < 1.29 is 0 Å². The van der Waals surface area contributed by atoms with E-state index in [1.807, 2.05) is 13.8 Å². The third kappa shape index (κ3) is 41.1. The highest BCUT2D eigenvalue weighted by Crippen LogP contribution is 2.01. The first-order valence-corrected chi connectivity index (χ1v) is 6.18. The van der Waals surface area contributed by atoms with Gasteiger partial charge in [0, 0.05) is 0 Å². The lowest BCUT2D eigenvalue weighted by atomic mass is 10.2. The summed E-state index contributed by atoms with van der Waals surface area (Å²) in [5.41, 5.74) is 1.31. The first-order chi connectivity index (χ1) is 6.54. The van der Waals surface area contributed by atoms with Crippen LogP contribution in [-0.2, 0) is 0 Å². The molecule has 0 aliphatic rings. The van der Waals surface area contributed by atoms with Gasteiger partial charge in [-0.1, -0.05) is 60.0 Å². The molecule has 0 aromatic carbocycles. The molecule has 0 nitrogen and oxygen atoms in total. The largest absolute Gasteiger partial charge is 0.100 e. The molecule has 0 rings (SSSR count). The molecular weight excluding hydrogens is 168 g/mol. The quantitative estimate of drug-likeness (QED) is 0.501. The standard InChI is InChI=1S/C7H14.C5H12.C2H6/c1-4-5-6-7(2)3;1-4-5(2)3;1-2/h2,4-6H2,1,3H3;5H,4H2,1-3H3;1-2H3. The highest BCUT2D eigenvalue weighted by Gasteiger charge is 1.81. The number of rotatable bonds is 4. The van der Waals surface area contributed by atoms with Crippen LogP contribution in [-0.4, -0.2) is 0 Å². The Morgan fingerprint density at radius 3 is 1.57 bits per heavy atom. The van der Waals surface area contributed by atoms with Gasteiger partial charge in [0.25, 0.3) is 0 Å². The maximum atomic E-state index is 3.79. The van der Waals surface area contributed by atoms with Crippen LogP contribution in [0.25, 0.3) is 0 Å². The van der Waals surface area contributed by atoms with Gasteiger partial charge in [0.15, 0.2) is 0 Å². The van der Waals surface area contributed by atoms with Crippen molar-refractivity contribution in [1.82, 2.24) is 0 Å². The molecule has 0 spiro atoms. The molecule has 0 heterocycles. The Morgan fingerprint density at radius 2 is 1.50 bits per heavy atom. The van der Waals surface area contributed by atoms with Crippen LogP contribution in [0, 0.1) is 5.92 Å². The zero-order valence-corrected chi connectivity index (χ0v) is 11.6. The predicted octanol–water partition coefficient (Wildman–Crippen LogP) is 5.83. The van der Waals surface area contributed by atoms with Crippen LogP contribution < -0.4 is 0 Å². The number of unbranched alkanes of at least 4 members (excludes halogenated alkanes) is 1. The lowest BCUT2D eigenvalue weighted by Gasteiger charge is -1.91. The van der Waals surface area contributed by atoms with Crippen molar-refractivity contribution in [2.75, 3.05) is 0 Å². The number of hydrogen-bond donors (Lipinski definition) is 0. The van der Waals surface area contributed by atoms with E-state index in [4.69, 9.17) is 0 Å². The maximum absolute atomic E-state index is 3.79. The van der Waals surface area contributed by atoms with Crippen molar-refractivity contribution in [3.8, 4) is 0 Å². The summed E-state index contributed by atoms with van der Waals surface area (Å²) in [6.45, 7) is 18.7. The van der Waals surface area contributed by atoms with E-state index in [1.165, 1.54) is 31.3 Å². The third-order valence-electron chi connectivity index (χ3n) is 1.77. The Morgan fingerprint density at radius 1 is 1.14 bits per heavy atom. The molecule has 14 heavy (non-hydrogen) atoms. The fourth-order valence-electron chi connectivity index (χ4n) is 0.479. The topological polar surface area (TPSA) is 0 Å². The average Bonchev–Trinajstić information content (AvgIpc) is 2.18. The van der Waals surface area contributed by atoms with Crippen LogP contribution >= 0.6 is 0 Å². The minimum absolute atomic E-state index is 0.884. The van der Waals surface area contributed by atoms with Crippen LogP contribution in [0.2, 0.25) is 0 Å². The molecule has 0 aromatic heterocycles. The highest BCUT2D eigenvalue weighted by atomic mass is 13.9. The molecular formula is C14H32. The first-order valence-electron chi connectivity index (χ1n) is 6.18. The summed E-state index contributed by atoms with van der Waals surface area (Å²) in [4.78, 5) is 0. The van der Waals surface area contributed by atoms with Crippen molar-refractivity contribution >= 4 is 0 Å². The molecule has 0 heteroatoms. The van der Waals surface area contributed by atoms with E-state index < -0.39 is 0 Å². The molecule has 0 saturated carbocycles. The minimum atomic E-state index is 0.884. The van der Waals surface area contributed by atoms with Crippen molar-refractivity contribution in [3.63, 3.8) is 0 Å². The fraction of sp³-hybridized carbons (Fsp3) is 0.857. The van der Waals surface area contributed by atoms with Crippen LogP contribution in [0.1, 0.15) is 74.1 Å². The van der Waals surface area contributed by atoms with Gasteiger partial charge in [0.2, 0.25) is 0 Å². The summed E-state index contributed by atoms with van der Waals surface area (Å²) in [7, 11) is 0. The molecule has 0 radical (unpaired) electrons. The Labute approximate surface area is 92.8 Å². The molecule has 0 saturated heterocycles. The molecule has 0 aliphatic carbocycles. The lowest BCUT2D eigenvalue weighted by Crippen LogP contribution is -1.77. The minimum Gasteiger partial charge on any atom is -0.100 e. The Kier molecular flexibility index (Phi) is 25.6. The molecule has 0 bridgehead atoms. The molecule has 0 fully saturated rings. The van der Waals surface area contributed by atoms with Crippen LogP contribution in [0.5, 0.6) is 0 Å². The van der Waals surface area contributed by atoms with E-state index in [1.54, 1.807) is 0 Å². The van der Waals surface area contributed by atoms with Gasteiger partial charge in [-0.25, -0.2) is 0 Å². The summed E-state index contributed by atoms with van der Waals surface area (Å²) in [5.74, 6) is 0.884. The zero-order valence-electron chi connectivity index (χ0n) is 11.6. The van der Waals surface area contributed by atoms with E-state index in [2.05, 4.69) is 41.2 Å². The second-order valence-electron chi connectivity index (χ2n) is 3.86. The normalized spacial score (nSPS) is 8.29. The van der Waals surface area contributed by atoms with Crippen molar-refractivity contribution in [1.29, 1.82) is 0 Å². The van der Waals surface area contributed by atoms with E-state index in [-0.39, 0.29) is 0 Å². The van der Waals surface area contributed by atoms with Crippen LogP contribution in [0.3, 0.4) is 0 Å². The predicted molar refractivity (Wildman–Crippen MR) is 70.8 cm³/mol. The van der Waals surface area contributed by atoms with E-state index >= 15 is 0 Å². The van der Waals surface area contributed by atoms with Gasteiger partial charge in [-0.05, 0) is 25.7 Å². The molecule has 0 atom stereocenters. The molecule has 0 amide bonds. The second-order valence-corrected chi connectivity index (χ2v) is 3.86. The third-order valence-corrected chi connectivity index (χ3v) is 1.77. The van der Waals surface area contributed by atoms with Gasteiger partial charge in [0.05, 0.1) is 0 Å². The summed E-state index contributed by atoms with van der Waals surface area (Å²) in [6.07, 6.45) is 5.10. The summed E-state index contributed by atoms with van der Waals surface area (Å²) >= 11 is 0. The molecule has 88 valence electrons. The highest BCUT2D eigenvalue weighted by molar-refractivity contribution is 4.86. The molecule has 0 aromatic rings. The lowest BCUT2D eigenvalue weighted by molar-refractivity contribution is 0.626. The Balaban J connectivity index is -0.000000152. The SMILES string of the molecule is C=C(C)CCCC.CC.CCC(C)C. The summed E-state index contributed by atoms with van der Waals surface area (Å²) in [6, 6.07) is 0. The van der Waals surface area contributed by atoms with Gasteiger partial charge in [-0.3, -0.25) is 0 Å².